The second-order valence-electron chi connectivity index (χ2n) is 4.03. The molecule has 0 aromatic heterocycles. The third-order valence-electron chi connectivity index (χ3n) is 2.52. The van der Waals surface area contributed by atoms with Crippen LogP contribution in [0.2, 0.25) is 5.02 Å². The highest BCUT2D eigenvalue weighted by Gasteiger charge is 2.22. The Morgan fingerprint density at radius 2 is 1.81 bits per heavy atom. The van der Waals surface area contributed by atoms with Gasteiger partial charge in [-0.15, -0.1) is 0 Å². The highest BCUT2D eigenvalue weighted by atomic mass is 127. The number of nitrogens with two attached hydrogens (primary N) is 1. The first kappa shape index (κ1) is 16.2. The van der Waals surface area contributed by atoms with Crippen molar-refractivity contribution < 1.29 is 17.2 Å². The zero-order valence-electron chi connectivity index (χ0n) is 10.2. The van der Waals surface area contributed by atoms with Crippen LogP contribution in [0.4, 0.5) is 20.2 Å². The van der Waals surface area contributed by atoms with Gasteiger partial charge in [-0.3, -0.25) is 4.72 Å². The lowest BCUT2D eigenvalue weighted by Crippen LogP contribution is -2.16. The molecule has 3 N–H and O–H groups in total. The van der Waals surface area contributed by atoms with Gasteiger partial charge >= 0.3 is 0 Å². The van der Waals surface area contributed by atoms with Crippen LogP contribution in [0.5, 0.6) is 0 Å². The van der Waals surface area contributed by atoms with Gasteiger partial charge in [0.25, 0.3) is 10.0 Å². The smallest absolute Gasteiger partial charge is 0.264 e. The summed E-state index contributed by atoms with van der Waals surface area (Å²) in [5.41, 5.74) is 5.04. The van der Waals surface area contributed by atoms with Crippen LogP contribution in [0, 0.1) is 15.2 Å². The quantitative estimate of drug-likeness (QED) is 0.561. The van der Waals surface area contributed by atoms with E-state index in [0.717, 1.165) is 6.07 Å². The maximum Gasteiger partial charge on any atom is 0.264 e. The van der Waals surface area contributed by atoms with Crippen LogP contribution in [-0.4, -0.2) is 8.42 Å². The summed E-state index contributed by atoms with van der Waals surface area (Å²) in [5.74, 6) is -2.24. The minimum Gasteiger partial charge on any atom is -0.396 e. The monoisotopic (exact) mass is 444 g/mol. The maximum absolute atomic E-state index is 13.7. The minimum absolute atomic E-state index is 0.224. The van der Waals surface area contributed by atoms with Gasteiger partial charge < -0.3 is 5.73 Å². The van der Waals surface area contributed by atoms with Crippen molar-refractivity contribution in [2.24, 2.45) is 0 Å². The molecule has 0 aliphatic carbocycles. The molecule has 0 heterocycles. The number of sulfonamides is 1. The Morgan fingerprint density at radius 1 is 1.14 bits per heavy atom. The van der Waals surface area contributed by atoms with E-state index in [0.29, 0.717) is 14.7 Å². The van der Waals surface area contributed by atoms with Crippen molar-refractivity contribution in [3.8, 4) is 0 Å². The standard InChI is InChI=1S/C12H8ClF2IN2O2S/c13-6-1-2-11(9(16)3-6)18-21(19,20)12-5-10(17)7(14)4-8(12)15/h1-5,18H,17H2. The van der Waals surface area contributed by atoms with Crippen LogP contribution in [0.15, 0.2) is 35.2 Å². The average Bonchev–Trinajstić information content (AvgIpc) is 2.37. The SMILES string of the molecule is Nc1cc(S(=O)(=O)Nc2ccc(Cl)cc2I)c(F)cc1F. The van der Waals surface area contributed by atoms with Gasteiger partial charge in [0.05, 0.1) is 11.4 Å². The van der Waals surface area contributed by atoms with Crippen LogP contribution in [0.1, 0.15) is 0 Å². The Bertz CT molecular complexity index is 815. The topological polar surface area (TPSA) is 72.2 Å². The summed E-state index contributed by atoms with van der Waals surface area (Å²) < 4.78 is 53.8. The van der Waals surface area contributed by atoms with E-state index in [2.05, 4.69) is 4.72 Å². The van der Waals surface area contributed by atoms with E-state index in [9.17, 15) is 17.2 Å². The zero-order valence-corrected chi connectivity index (χ0v) is 13.9. The van der Waals surface area contributed by atoms with Gasteiger partial charge in [0, 0.05) is 14.7 Å². The fourth-order valence-electron chi connectivity index (χ4n) is 1.52. The summed E-state index contributed by atoms with van der Waals surface area (Å²) in [7, 11) is -4.24. The molecular weight excluding hydrogens is 437 g/mol. The van der Waals surface area contributed by atoms with Gasteiger partial charge in [-0.05, 0) is 46.9 Å². The Labute approximate surface area is 138 Å². The number of rotatable bonds is 3. The fraction of sp³-hybridized carbons (Fsp3) is 0. The summed E-state index contributed by atoms with van der Waals surface area (Å²) in [4.78, 5) is -0.729. The molecule has 112 valence electrons. The molecule has 4 nitrogen and oxygen atoms in total. The summed E-state index contributed by atoms with van der Waals surface area (Å²) in [5, 5.41) is 0.430. The second-order valence-corrected chi connectivity index (χ2v) is 7.28. The van der Waals surface area contributed by atoms with Crippen LogP contribution in [0.3, 0.4) is 0 Å². The number of nitrogens with one attached hydrogen (secondary N) is 1. The molecular formula is C12H8ClF2IN2O2S. The van der Waals surface area contributed by atoms with Crippen molar-refractivity contribution in [3.63, 3.8) is 0 Å². The van der Waals surface area contributed by atoms with Crippen molar-refractivity contribution in [1.82, 2.24) is 0 Å². The number of nitrogen functional groups attached to an aromatic ring is 1. The van der Waals surface area contributed by atoms with E-state index in [1.807, 2.05) is 22.6 Å². The molecule has 21 heavy (non-hydrogen) atoms. The van der Waals surface area contributed by atoms with Gasteiger partial charge in [0.15, 0.2) is 0 Å². The van der Waals surface area contributed by atoms with Crippen LogP contribution < -0.4 is 10.5 Å². The largest absolute Gasteiger partial charge is 0.396 e. The molecule has 0 atom stereocenters. The first-order valence-electron chi connectivity index (χ1n) is 5.43. The van der Waals surface area contributed by atoms with E-state index < -0.39 is 32.2 Å². The van der Waals surface area contributed by atoms with Crippen molar-refractivity contribution >= 4 is 55.6 Å². The lowest BCUT2D eigenvalue weighted by molar-refractivity contribution is 0.553. The number of benzene rings is 2. The van der Waals surface area contributed by atoms with Crippen molar-refractivity contribution in [2.45, 2.75) is 4.90 Å². The minimum atomic E-state index is -4.24. The van der Waals surface area contributed by atoms with Crippen LogP contribution in [-0.2, 0) is 10.0 Å². The summed E-state index contributed by atoms with van der Waals surface area (Å²) in [6.07, 6.45) is 0. The summed E-state index contributed by atoms with van der Waals surface area (Å²) in [6, 6.07) is 5.62. The molecule has 0 amide bonds. The normalized spacial score (nSPS) is 11.4. The molecule has 0 radical (unpaired) electrons. The number of halogens is 4. The number of hydrogen-bond acceptors (Lipinski definition) is 3. The van der Waals surface area contributed by atoms with E-state index in [-0.39, 0.29) is 5.69 Å². The molecule has 0 bridgehead atoms. The molecule has 0 saturated heterocycles. The Morgan fingerprint density at radius 3 is 2.43 bits per heavy atom. The lowest BCUT2D eigenvalue weighted by Gasteiger charge is -2.11. The highest BCUT2D eigenvalue weighted by molar-refractivity contribution is 14.1. The van der Waals surface area contributed by atoms with Gasteiger partial charge in [-0.1, -0.05) is 11.6 Å². The third kappa shape index (κ3) is 3.55. The van der Waals surface area contributed by atoms with E-state index in [1.165, 1.54) is 18.2 Å². The first-order chi connectivity index (χ1) is 9.70. The van der Waals surface area contributed by atoms with Gasteiger partial charge in [-0.2, -0.15) is 0 Å². The molecule has 9 heteroatoms. The predicted octanol–water partition coefficient (Wildman–Crippen LogP) is 3.61. The van der Waals surface area contributed by atoms with Crippen LogP contribution >= 0.6 is 34.2 Å². The second kappa shape index (κ2) is 5.93. The zero-order chi connectivity index (χ0) is 15.8. The highest BCUT2D eigenvalue weighted by Crippen LogP contribution is 2.27. The number of hydrogen-bond donors (Lipinski definition) is 2. The lowest BCUT2D eigenvalue weighted by atomic mass is 10.3. The van der Waals surface area contributed by atoms with E-state index in [1.54, 1.807) is 0 Å². The van der Waals surface area contributed by atoms with Gasteiger partial charge in [0.2, 0.25) is 0 Å². The first-order valence-corrected chi connectivity index (χ1v) is 8.37. The Hall–Kier alpha value is -1.13. The van der Waals surface area contributed by atoms with Crippen molar-refractivity contribution in [2.75, 3.05) is 10.5 Å². The van der Waals surface area contributed by atoms with Crippen LogP contribution in [0.25, 0.3) is 0 Å². The molecule has 0 aliphatic rings. The fourth-order valence-corrected chi connectivity index (χ4v) is 3.89. The molecule has 0 fully saturated rings. The third-order valence-corrected chi connectivity index (χ3v) is 5.02. The molecule has 0 saturated carbocycles. The van der Waals surface area contributed by atoms with E-state index >= 15 is 0 Å². The maximum atomic E-state index is 13.7. The summed E-state index contributed by atoms with van der Waals surface area (Å²) in [6.45, 7) is 0. The van der Waals surface area contributed by atoms with Gasteiger partial charge in [0.1, 0.15) is 16.5 Å². The average molecular weight is 445 g/mol. The molecule has 0 unspecified atom stereocenters. The van der Waals surface area contributed by atoms with Crippen molar-refractivity contribution in [3.05, 3.63) is 50.6 Å². The molecule has 0 spiro atoms. The number of anilines is 2. The molecule has 2 aromatic rings. The molecule has 0 aliphatic heterocycles. The predicted molar refractivity (Wildman–Crippen MR) is 85.7 cm³/mol. The van der Waals surface area contributed by atoms with E-state index in [4.69, 9.17) is 17.3 Å². The van der Waals surface area contributed by atoms with Gasteiger partial charge in [-0.25, -0.2) is 17.2 Å². The Balaban J connectivity index is 2.46. The summed E-state index contributed by atoms with van der Waals surface area (Å²) >= 11 is 7.64. The van der Waals surface area contributed by atoms with Crippen molar-refractivity contribution in [1.29, 1.82) is 0 Å². The molecule has 2 aromatic carbocycles. The molecule has 2 rings (SSSR count). The Kier molecular flexibility index (Phi) is 4.59.